The summed E-state index contributed by atoms with van der Waals surface area (Å²) in [4.78, 5) is 13.4. The number of aromatic nitrogens is 2. The van der Waals surface area contributed by atoms with E-state index in [1.807, 2.05) is 19.4 Å². The van der Waals surface area contributed by atoms with Crippen molar-refractivity contribution in [2.45, 2.75) is 25.8 Å². The van der Waals surface area contributed by atoms with Crippen LogP contribution in [0.3, 0.4) is 0 Å². The van der Waals surface area contributed by atoms with E-state index in [2.05, 4.69) is 78.1 Å². The number of carbonyl (C=O) groups excluding carboxylic acids is 1. The third-order valence-electron chi connectivity index (χ3n) is 5.74. The Kier molecular flexibility index (Phi) is 6.95. The molecule has 4 rings (SSSR count). The molecule has 0 radical (unpaired) electrons. The van der Waals surface area contributed by atoms with Crippen molar-refractivity contribution in [1.29, 1.82) is 0 Å². The third kappa shape index (κ3) is 4.74. The fourth-order valence-electron chi connectivity index (χ4n) is 4.24. The molecule has 2 heterocycles. The van der Waals surface area contributed by atoms with Gasteiger partial charge in [-0.2, -0.15) is 5.10 Å². The zero-order valence-corrected chi connectivity index (χ0v) is 18.4. The van der Waals surface area contributed by atoms with E-state index in [9.17, 15) is 4.79 Å². The maximum atomic E-state index is 13.4. The molecule has 2 atom stereocenters. The predicted molar refractivity (Wildman–Crippen MR) is 122 cm³/mol. The monoisotopic (exact) mass is 424 g/mol. The minimum atomic E-state index is -0.169. The Bertz CT molecular complexity index is 970. The van der Waals surface area contributed by atoms with Gasteiger partial charge in [0, 0.05) is 32.3 Å². The highest BCUT2D eigenvalue weighted by molar-refractivity contribution is 5.85. The van der Waals surface area contributed by atoms with Gasteiger partial charge in [-0.1, -0.05) is 59.7 Å². The maximum Gasteiger partial charge on any atom is 0.225 e. The average molecular weight is 425 g/mol. The molecule has 0 spiro atoms. The van der Waals surface area contributed by atoms with Crippen molar-refractivity contribution in [2.24, 2.45) is 13.0 Å². The molecule has 1 aliphatic heterocycles. The Morgan fingerprint density at radius 1 is 1.10 bits per heavy atom. The number of hydrogen-bond donors (Lipinski definition) is 2. The number of aryl methyl sites for hydroxylation is 3. The summed E-state index contributed by atoms with van der Waals surface area (Å²) in [5.41, 5.74) is 5.69. The van der Waals surface area contributed by atoms with Crippen LogP contribution in [-0.4, -0.2) is 28.8 Å². The van der Waals surface area contributed by atoms with Crippen LogP contribution in [0.4, 0.5) is 0 Å². The maximum absolute atomic E-state index is 13.4. The quantitative estimate of drug-likeness (QED) is 0.657. The van der Waals surface area contributed by atoms with E-state index in [0.29, 0.717) is 6.54 Å². The molecule has 2 N–H and O–H groups in total. The van der Waals surface area contributed by atoms with Gasteiger partial charge in [0.15, 0.2) is 0 Å². The second kappa shape index (κ2) is 9.45. The van der Waals surface area contributed by atoms with Gasteiger partial charge in [0.25, 0.3) is 0 Å². The summed E-state index contributed by atoms with van der Waals surface area (Å²) >= 11 is 0. The van der Waals surface area contributed by atoms with Crippen molar-refractivity contribution in [3.63, 3.8) is 0 Å². The van der Waals surface area contributed by atoms with Crippen molar-refractivity contribution >= 4 is 18.3 Å². The van der Waals surface area contributed by atoms with E-state index in [1.165, 1.54) is 11.1 Å². The van der Waals surface area contributed by atoms with Crippen LogP contribution >= 0.6 is 12.4 Å². The second-order valence-corrected chi connectivity index (χ2v) is 8.09. The second-order valence-electron chi connectivity index (χ2n) is 8.09. The zero-order valence-electron chi connectivity index (χ0n) is 17.6. The van der Waals surface area contributed by atoms with Gasteiger partial charge in [0.2, 0.25) is 5.91 Å². The van der Waals surface area contributed by atoms with Crippen LogP contribution in [0.25, 0.3) is 0 Å². The van der Waals surface area contributed by atoms with Gasteiger partial charge in [-0.15, -0.1) is 12.4 Å². The largest absolute Gasteiger partial charge is 0.345 e. The summed E-state index contributed by atoms with van der Waals surface area (Å²) in [6.07, 6.45) is 3.88. The van der Waals surface area contributed by atoms with Gasteiger partial charge in [0.1, 0.15) is 0 Å². The van der Waals surface area contributed by atoms with E-state index in [1.54, 1.807) is 4.68 Å². The first-order valence-corrected chi connectivity index (χ1v) is 10.1. The number of hydrogen-bond acceptors (Lipinski definition) is 3. The Morgan fingerprint density at radius 2 is 1.73 bits per heavy atom. The van der Waals surface area contributed by atoms with Crippen LogP contribution in [-0.2, 0) is 11.8 Å². The van der Waals surface area contributed by atoms with Gasteiger partial charge >= 0.3 is 0 Å². The minimum absolute atomic E-state index is 0. The molecule has 3 aromatic rings. The summed E-state index contributed by atoms with van der Waals surface area (Å²) in [7, 11) is 1.91. The molecule has 0 saturated carbocycles. The third-order valence-corrected chi connectivity index (χ3v) is 5.74. The molecule has 1 saturated heterocycles. The number of nitrogens with one attached hydrogen (secondary N) is 2. The van der Waals surface area contributed by atoms with Crippen LogP contribution in [0.5, 0.6) is 0 Å². The van der Waals surface area contributed by atoms with E-state index < -0.39 is 0 Å². The molecule has 0 aliphatic carbocycles. The molecule has 1 amide bonds. The Morgan fingerprint density at radius 3 is 2.27 bits per heavy atom. The lowest BCUT2D eigenvalue weighted by atomic mass is 9.89. The van der Waals surface area contributed by atoms with E-state index in [4.69, 9.17) is 0 Å². The van der Waals surface area contributed by atoms with Crippen molar-refractivity contribution in [3.8, 4) is 0 Å². The first-order valence-electron chi connectivity index (χ1n) is 10.1. The summed E-state index contributed by atoms with van der Waals surface area (Å²) in [5, 5.41) is 11.0. The Hall–Kier alpha value is -2.63. The molecular weight excluding hydrogens is 396 g/mol. The molecule has 1 aromatic heterocycles. The molecule has 1 aliphatic rings. The highest BCUT2D eigenvalue weighted by Crippen LogP contribution is 2.30. The Balaban J connectivity index is 0.00000256. The molecule has 0 bridgehead atoms. The number of halogens is 1. The predicted octanol–water partition coefficient (Wildman–Crippen LogP) is 3.67. The summed E-state index contributed by atoms with van der Waals surface area (Å²) < 4.78 is 1.80. The first-order chi connectivity index (χ1) is 14.0. The van der Waals surface area contributed by atoms with Crippen LogP contribution < -0.4 is 10.6 Å². The van der Waals surface area contributed by atoms with Gasteiger partial charge in [-0.05, 0) is 30.5 Å². The van der Waals surface area contributed by atoms with Crippen LogP contribution in [0.2, 0.25) is 0 Å². The fraction of sp³-hybridized carbons (Fsp3) is 0.333. The number of benzene rings is 2. The highest BCUT2D eigenvalue weighted by Gasteiger charge is 2.35. The average Bonchev–Trinajstić information content (AvgIpc) is 3.34. The highest BCUT2D eigenvalue weighted by atomic mass is 35.5. The smallest absolute Gasteiger partial charge is 0.225 e. The molecule has 5 nitrogen and oxygen atoms in total. The molecule has 1 fully saturated rings. The number of rotatable bonds is 5. The lowest BCUT2D eigenvalue weighted by molar-refractivity contribution is -0.125. The number of carbonyl (C=O) groups is 1. The molecule has 2 aromatic carbocycles. The van der Waals surface area contributed by atoms with E-state index in [-0.39, 0.29) is 36.2 Å². The van der Waals surface area contributed by atoms with Crippen LogP contribution in [0.1, 0.15) is 39.8 Å². The minimum Gasteiger partial charge on any atom is -0.345 e. The van der Waals surface area contributed by atoms with Crippen molar-refractivity contribution in [3.05, 3.63) is 88.7 Å². The number of amides is 1. The zero-order chi connectivity index (χ0) is 20.4. The topological polar surface area (TPSA) is 59.0 Å². The van der Waals surface area contributed by atoms with E-state index in [0.717, 1.165) is 23.2 Å². The van der Waals surface area contributed by atoms with Crippen molar-refractivity contribution in [2.75, 3.05) is 13.1 Å². The van der Waals surface area contributed by atoms with Gasteiger partial charge in [-0.3, -0.25) is 9.48 Å². The lowest BCUT2D eigenvalue weighted by Gasteiger charge is -2.24. The van der Waals surface area contributed by atoms with Gasteiger partial charge in [0.05, 0.1) is 18.2 Å². The lowest BCUT2D eigenvalue weighted by Crippen LogP contribution is -2.37. The molecule has 0 unspecified atom stereocenters. The standard InChI is InChI=1S/C24H28N4O.ClH/c1-16-6-4-8-18(10-16)23(19-9-5-7-17(2)11-19)27-24(29)22-14-25-13-21(22)20-12-26-28(3)15-20;/h4-12,15,21-23,25H,13-14H2,1-3H3,(H,27,29);1H/t21-,22+;/m1./s1. The summed E-state index contributed by atoms with van der Waals surface area (Å²) in [5.74, 6) is 0.104. The fourth-order valence-corrected chi connectivity index (χ4v) is 4.24. The Labute approximate surface area is 184 Å². The summed E-state index contributed by atoms with van der Waals surface area (Å²) in [6, 6.07) is 16.6. The van der Waals surface area contributed by atoms with Gasteiger partial charge in [-0.25, -0.2) is 0 Å². The van der Waals surface area contributed by atoms with Crippen molar-refractivity contribution < 1.29 is 4.79 Å². The SMILES string of the molecule is Cc1cccc(C(NC(=O)[C@H]2CNC[C@@H]2c2cnn(C)c2)c2cccc(C)c2)c1.Cl. The first kappa shape index (κ1) is 22.1. The molecule has 6 heteroatoms. The number of nitrogens with zero attached hydrogens (tertiary/aromatic N) is 2. The summed E-state index contributed by atoms with van der Waals surface area (Å²) in [6.45, 7) is 5.64. The van der Waals surface area contributed by atoms with Crippen LogP contribution in [0.15, 0.2) is 60.9 Å². The molecular formula is C24H29ClN4O. The molecule has 158 valence electrons. The van der Waals surface area contributed by atoms with Crippen molar-refractivity contribution in [1.82, 2.24) is 20.4 Å². The van der Waals surface area contributed by atoms with E-state index >= 15 is 0 Å². The van der Waals surface area contributed by atoms with Gasteiger partial charge < -0.3 is 10.6 Å². The normalized spacial score (nSPS) is 18.3. The molecule has 30 heavy (non-hydrogen) atoms. The van der Waals surface area contributed by atoms with Crippen LogP contribution in [0, 0.1) is 19.8 Å².